The summed E-state index contributed by atoms with van der Waals surface area (Å²) in [6.07, 6.45) is 3.81. The zero-order chi connectivity index (χ0) is 6.97. The molecule has 0 saturated heterocycles. The fourth-order valence-corrected chi connectivity index (χ4v) is 1.86. The Morgan fingerprint density at radius 2 is 2.30 bits per heavy atom. The zero-order valence-electron chi connectivity index (χ0n) is 5.66. The van der Waals surface area contributed by atoms with E-state index in [9.17, 15) is 0 Å². The van der Waals surface area contributed by atoms with Gasteiger partial charge in [0.25, 0.3) is 0 Å². The highest BCUT2D eigenvalue weighted by Gasteiger charge is 1.95. The second kappa shape index (κ2) is 2.06. The molecule has 0 aliphatic carbocycles. The SMILES string of the molecule is Cc1cncc2sccc12. The number of thiophene rings is 1. The topological polar surface area (TPSA) is 12.9 Å². The van der Waals surface area contributed by atoms with Crippen molar-refractivity contribution in [2.75, 3.05) is 0 Å². The molecule has 2 aromatic rings. The Kier molecular flexibility index (Phi) is 1.21. The molecule has 2 heterocycles. The van der Waals surface area contributed by atoms with Crippen LogP contribution in [0.4, 0.5) is 0 Å². The van der Waals surface area contributed by atoms with Crippen LogP contribution in [-0.2, 0) is 0 Å². The maximum absolute atomic E-state index is 4.10. The number of rotatable bonds is 0. The van der Waals surface area contributed by atoms with Crippen molar-refractivity contribution in [2.45, 2.75) is 6.92 Å². The van der Waals surface area contributed by atoms with Crippen molar-refractivity contribution in [3.63, 3.8) is 0 Å². The van der Waals surface area contributed by atoms with Crippen molar-refractivity contribution in [2.24, 2.45) is 0 Å². The summed E-state index contributed by atoms with van der Waals surface area (Å²) in [6.45, 7) is 2.09. The smallest absolute Gasteiger partial charge is 0.0528 e. The molecule has 2 aromatic heterocycles. The van der Waals surface area contributed by atoms with Crippen LogP contribution in [0.1, 0.15) is 5.56 Å². The summed E-state index contributed by atoms with van der Waals surface area (Å²) in [6, 6.07) is 2.14. The summed E-state index contributed by atoms with van der Waals surface area (Å²) in [5.41, 5.74) is 1.26. The van der Waals surface area contributed by atoms with E-state index in [2.05, 4.69) is 23.4 Å². The predicted molar refractivity (Wildman–Crippen MR) is 44.4 cm³/mol. The summed E-state index contributed by atoms with van der Waals surface area (Å²) < 4.78 is 1.28. The van der Waals surface area contributed by atoms with Gasteiger partial charge in [-0.3, -0.25) is 4.98 Å². The first kappa shape index (κ1) is 5.86. The Bertz CT molecular complexity index is 351. The molecular weight excluding hydrogens is 142 g/mol. The van der Waals surface area contributed by atoms with Crippen molar-refractivity contribution in [3.05, 3.63) is 29.4 Å². The van der Waals surface area contributed by atoms with Gasteiger partial charge < -0.3 is 0 Å². The minimum atomic E-state index is 1.26. The number of aromatic nitrogens is 1. The fourth-order valence-electron chi connectivity index (χ4n) is 1.03. The molecule has 2 heteroatoms. The molecule has 0 atom stereocenters. The highest BCUT2D eigenvalue weighted by atomic mass is 32.1. The lowest BCUT2D eigenvalue weighted by atomic mass is 10.2. The molecule has 0 fully saturated rings. The number of pyridine rings is 1. The van der Waals surface area contributed by atoms with Gasteiger partial charge in [0.05, 0.1) is 4.70 Å². The molecule has 0 amide bonds. The third-order valence-electron chi connectivity index (χ3n) is 1.58. The minimum absolute atomic E-state index is 1.26. The van der Waals surface area contributed by atoms with Crippen LogP contribution in [0.5, 0.6) is 0 Å². The van der Waals surface area contributed by atoms with E-state index in [-0.39, 0.29) is 0 Å². The molecule has 0 spiro atoms. The van der Waals surface area contributed by atoms with Gasteiger partial charge in [-0.15, -0.1) is 11.3 Å². The van der Waals surface area contributed by atoms with E-state index in [1.165, 1.54) is 15.6 Å². The molecule has 0 unspecified atom stereocenters. The predicted octanol–water partition coefficient (Wildman–Crippen LogP) is 2.60. The Morgan fingerprint density at radius 3 is 3.10 bits per heavy atom. The van der Waals surface area contributed by atoms with Crippen molar-refractivity contribution >= 4 is 21.4 Å². The molecule has 0 aliphatic rings. The number of nitrogens with zero attached hydrogens (tertiary/aromatic N) is 1. The van der Waals surface area contributed by atoms with Crippen LogP contribution in [-0.4, -0.2) is 4.98 Å². The van der Waals surface area contributed by atoms with Crippen molar-refractivity contribution in [3.8, 4) is 0 Å². The van der Waals surface area contributed by atoms with Gasteiger partial charge >= 0.3 is 0 Å². The van der Waals surface area contributed by atoms with Crippen molar-refractivity contribution < 1.29 is 0 Å². The van der Waals surface area contributed by atoms with E-state index in [0.29, 0.717) is 0 Å². The monoisotopic (exact) mass is 149 g/mol. The Morgan fingerprint density at radius 1 is 1.40 bits per heavy atom. The van der Waals surface area contributed by atoms with Gasteiger partial charge in [-0.1, -0.05) is 0 Å². The molecule has 0 bridgehead atoms. The second-order valence-corrected chi connectivity index (χ2v) is 3.24. The molecule has 0 aromatic carbocycles. The lowest BCUT2D eigenvalue weighted by Crippen LogP contribution is -1.74. The van der Waals surface area contributed by atoms with Crippen LogP contribution < -0.4 is 0 Å². The molecular formula is C8H7NS. The zero-order valence-corrected chi connectivity index (χ0v) is 6.48. The summed E-state index contributed by atoms with van der Waals surface area (Å²) in [7, 11) is 0. The molecule has 10 heavy (non-hydrogen) atoms. The Labute approximate surface area is 63.3 Å². The van der Waals surface area contributed by atoms with Crippen molar-refractivity contribution in [1.82, 2.24) is 4.98 Å². The van der Waals surface area contributed by atoms with Crippen molar-refractivity contribution in [1.29, 1.82) is 0 Å². The average molecular weight is 149 g/mol. The first-order valence-corrected chi connectivity index (χ1v) is 4.04. The minimum Gasteiger partial charge on any atom is -0.263 e. The standard InChI is InChI=1S/C8H7NS/c1-6-4-9-5-8-7(6)2-3-10-8/h2-5H,1H3. The van der Waals surface area contributed by atoms with Gasteiger partial charge in [0, 0.05) is 12.4 Å². The molecule has 1 nitrogen and oxygen atoms in total. The average Bonchev–Trinajstić information content (AvgIpc) is 2.36. The van der Waals surface area contributed by atoms with Gasteiger partial charge in [0.2, 0.25) is 0 Å². The summed E-state index contributed by atoms with van der Waals surface area (Å²) >= 11 is 1.74. The lowest BCUT2D eigenvalue weighted by molar-refractivity contribution is 1.32. The summed E-state index contributed by atoms with van der Waals surface area (Å²) in [5, 5.41) is 3.43. The summed E-state index contributed by atoms with van der Waals surface area (Å²) in [4.78, 5) is 4.10. The third-order valence-corrected chi connectivity index (χ3v) is 2.43. The number of fused-ring (bicyclic) bond motifs is 1. The molecule has 2 rings (SSSR count). The van der Waals surface area contributed by atoms with Crippen LogP contribution >= 0.6 is 11.3 Å². The molecule has 0 N–H and O–H groups in total. The van der Waals surface area contributed by atoms with E-state index < -0.39 is 0 Å². The quantitative estimate of drug-likeness (QED) is 0.561. The van der Waals surface area contributed by atoms with Gasteiger partial charge in [0.1, 0.15) is 0 Å². The van der Waals surface area contributed by atoms with Gasteiger partial charge in [0.15, 0.2) is 0 Å². The van der Waals surface area contributed by atoms with E-state index in [1.54, 1.807) is 11.3 Å². The highest BCUT2D eigenvalue weighted by Crippen LogP contribution is 2.21. The highest BCUT2D eigenvalue weighted by molar-refractivity contribution is 7.17. The van der Waals surface area contributed by atoms with Crippen LogP contribution in [0.2, 0.25) is 0 Å². The van der Waals surface area contributed by atoms with E-state index >= 15 is 0 Å². The van der Waals surface area contributed by atoms with Crippen LogP contribution in [0.15, 0.2) is 23.8 Å². The van der Waals surface area contributed by atoms with Crippen LogP contribution in [0.3, 0.4) is 0 Å². The molecule has 0 saturated carbocycles. The number of hydrogen-bond donors (Lipinski definition) is 0. The number of aryl methyl sites for hydroxylation is 1. The largest absolute Gasteiger partial charge is 0.263 e. The normalized spacial score (nSPS) is 10.5. The molecule has 0 aliphatic heterocycles. The third kappa shape index (κ3) is 0.727. The maximum Gasteiger partial charge on any atom is 0.0528 e. The van der Waals surface area contributed by atoms with E-state index in [0.717, 1.165) is 0 Å². The van der Waals surface area contributed by atoms with Gasteiger partial charge in [-0.2, -0.15) is 0 Å². The first-order valence-electron chi connectivity index (χ1n) is 3.16. The van der Waals surface area contributed by atoms with E-state index in [1.807, 2.05) is 12.4 Å². The first-order chi connectivity index (χ1) is 4.88. The van der Waals surface area contributed by atoms with Crippen LogP contribution in [0.25, 0.3) is 10.1 Å². The van der Waals surface area contributed by atoms with Crippen LogP contribution in [0, 0.1) is 6.92 Å². The molecule has 0 radical (unpaired) electrons. The van der Waals surface area contributed by atoms with E-state index in [4.69, 9.17) is 0 Å². The van der Waals surface area contributed by atoms with Gasteiger partial charge in [-0.25, -0.2) is 0 Å². The molecule has 50 valence electrons. The fraction of sp³-hybridized carbons (Fsp3) is 0.125. The Hall–Kier alpha value is -0.890. The Balaban J connectivity index is 2.95. The second-order valence-electron chi connectivity index (χ2n) is 2.29. The lowest BCUT2D eigenvalue weighted by Gasteiger charge is -1.91. The summed E-state index contributed by atoms with van der Waals surface area (Å²) in [5.74, 6) is 0. The van der Waals surface area contributed by atoms with Gasteiger partial charge in [-0.05, 0) is 29.3 Å². The number of hydrogen-bond acceptors (Lipinski definition) is 2. The maximum atomic E-state index is 4.10.